The van der Waals surface area contributed by atoms with Gasteiger partial charge in [0.2, 0.25) is 0 Å². The Balaban J connectivity index is 1.78. The Hall–Kier alpha value is -2.33. The molecule has 1 saturated carbocycles. The third kappa shape index (κ3) is 3.02. The van der Waals surface area contributed by atoms with E-state index in [9.17, 15) is 0 Å². The van der Waals surface area contributed by atoms with E-state index in [-0.39, 0.29) is 0 Å². The fourth-order valence-corrected chi connectivity index (χ4v) is 3.46. The summed E-state index contributed by atoms with van der Waals surface area (Å²) in [6.07, 6.45) is 8.62. The largest absolute Gasteiger partial charge is 0.365 e. The number of H-pyrrole nitrogens is 1. The third-order valence-electron chi connectivity index (χ3n) is 4.56. The van der Waals surface area contributed by atoms with Crippen LogP contribution in [-0.2, 0) is 0 Å². The number of nitrogens with one attached hydrogen (secondary N) is 2. The van der Waals surface area contributed by atoms with Crippen molar-refractivity contribution in [2.24, 2.45) is 0 Å². The molecule has 1 aliphatic carbocycles. The van der Waals surface area contributed by atoms with E-state index in [2.05, 4.69) is 20.5 Å². The molecule has 0 amide bonds. The van der Waals surface area contributed by atoms with E-state index in [1.807, 2.05) is 48.8 Å². The fourth-order valence-electron chi connectivity index (χ4n) is 3.34. The van der Waals surface area contributed by atoms with Crippen molar-refractivity contribution in [2.75, 3.05) is 5.32 Å². The molecule has 0 spiro atoms. The molecule has 0 saturated heterocycles. The Morgan fingerprint density at radius 2 is 1.67 bits per heavy atom. The zero-order valence-corrected chi connectivity index (χ0v) is 14.1. The Bertz CT molecular complexity index is 805. The van der Waals surface area contributed by atoms with E-state index in [4.69, 9.17) is 11.6 Å². The summed E-state index contributed by atoms with van der Waals surface area (Å²) in [4.78, 5) is 4.13. The third-order valence-corrected chi connectivity index (χ3v) is 4.82. The second-order valence-electron chi connectivity index (χ2n) is 6.19. The normalized spacial score (nSPS) is 14.9. The minimum absolute atomic E-state index is 0.506. The molecular formula is C19H19ClN4. The average molecular weight is 339 g/mol. The minimum atomic E-state index is 0.506. The SMILES string of the molecule is Clc1ccc(-c2[nH]nc(NC3CCCC3)c2-c2ccncc2)cc1. The summed E-state index contributed by atoms with van der Waals surface area (Å²) in [5.41, 5.74) is 4.26. The number of aromatic amines is 1. The number of aromatic nitrogens is 3. The molecule has 1 fully saturated rings. The van der Waals surface area contributed by atoms with Gasteiger partial charge in [0.25, 0.3) is 0 Å². The predicted molar refractivity (Wildman–Crippen MR) is 98.1 cm³/mol. The molecule has 0 radical (unpaired) electrons. The second kappa shape index (κ2) is 6.65. The first-order chi connectivity index (χ1) is 11.8. The van der Waals surface area contributed by atoms with Crippen LogP contribution in [0.25, 0.3) is 22.4 Å². The molecule has 4 rings (SSSR count). The van der Waals surface area contributed by atoms with Crippen molar-refractivity contribution in [2.45, 2.75) is 31.7 Å². The smallest absolute Gasteiger partial charge is 0.156 e. The van der Waals surface area contributed by atoms with Gasteiger partial charge in [-0.2, -0.15) is 5.10 Å². The summed E-state index contributed by atoms with van der Waals surface area (Å²) in [5.74, 6) is 0.915. The van der Waals surface area contributed by atoms with Gasteiger partial charge < -0.3 is 5.32 Å². The Morgan fingerprint density at radius 1 is 0.958 bits per heavy atom. The quantitative estimate of drug-likeness (QED) is 0.692. The zero-order valence-electron chi connectivity index (χ0n) is 13.3. The lowest BCUT2D eigenvalue weighted by Crippen LogP contribution is -2.15. The van der Waals surface area contributed by atoms with E-state index in [0.717, 1.165) is 33.2 Å². The molecule has 2 N–H and O–H groups in total. The molecule has 24 heavy (non-hydrogen) atoms. The standard InChI is InChI=1S/C19H19ClN4/c20-15-7-5-14(6-8-15)18-17(13-9-11-21-12-10-13)19(24-23-18)22-16-3-1-2-4-16/h5-12,16H,1-4H2,(H2,22,23,24). The van der Waals surface area contributed by atoms with Crippen LogP contribution in [0, 0.1) is 0 Å². The molecule has 3 aromatic rings. The van der Waals surface area contributed by atoms with Crippen LogP contribution in [0.3, 0.4) is 0 Å². The van der Waals surface area contributed by atoms with Crippen LogP contribution in [0.4, 0.5) is 5.82 Å². The maximum Gasteiger partial charge on any atom is 0.156 e. The van der Waals surface area contributed by atoms with Crippen LogP contribution >= 0.6 is 11.6 Å². The van der Waals surface area contributed by atoms with Gasteiger partial charge in [-0.05, 0) is 42.7 Å². The summed E-state index contributed by atoms with van der Waals surface area (Å²) in [5, 5.41) is 12.1. The summed E-state index contributed by atoms with van der Waals surface area (Å²) >= 11 is 6.03. The topological polar surface area (TPSA) is 53.6 Å². The highest BCUT2D eigenvalue weighted by Gasteiger charge is 2.21. The lowest BCUT2D eigenvalue weighted by molar-refractivity contribution is 0.749. The monoisotopic (exact) mass is 338 g/mol. The number of hydrogen-bond donors (Lipinski definition) is 2. The number of rotatable bonds is 4. The number of nitrogens with zero attached hydrogens (tertiary/aromatic N) is 2. The number of hydrogen-bond acceptors (Lipinski definition) is 3. The van der Waals surface area contributed by atoms with Crippen LogP contribution < -0.4 is 5.32 Å². The number of halogens is 1. The predicted octanol–water partition coefficient (Wildman–Crippen LogP) is 5.15. The molecule has 0 aliphatic heterocycles. The van der Waals surface area contributed by atoms with Gasteiger partial charge in [0.05, 0.1) is 11.3 Å². The van der Waals surface area contributed by atoms with Crippen LogP contribution in [-0.4, -0.2) is 21.2 Å². The van der Waals surface area contributed by atoms with Crippen LogP contribution in [0.5, 0.6) is 0 Å². The van der Waals surface area contributed by atoms with Crippen molar-refractivity contribution >= 4 is 17.4 Å². The number of pyridine rings is 1. The summed E-state index contributed by atoms with van der Waals surface area (Å²) < 4.78 is 0. The Kier molecular flexibility index (Phi) is 4.22. The van der Waals surface area contributed by atoms with Crippen molar-refractivity contribution in [1.29, 1.82) is 0 Å². The average Bonchev–Trinajstić information content (AvgIpc) is 3.27. The molecule has 2 aromatic heterocycles. The number of anilines is 1. The summed E-state index contributed by atoms with van der Waals surface area (Å²) in [7, 11) is 0. The molecule has 0 atom stereocenters. The summed E-state index contributed by atoms with van der Waals surface area (Å²) in [6, 6.07) is 12.4. The molecule has 122 valence electrons. The Labute approximate surface area is 146 Å². The minimum Gasteiger partial charge on any atom is -0.365 e. The highest BCUT2D eigenvalue weighted by Crippen LogP contribution is 2.37. The van der Waals surface area contributed by atoms with Gasteiger partial charge in [0, 0.05) is 29.0 Å². The van der Waals surface area contributed by atoms with Gasteiger partial charge in [-0.3, -0.25) is 10.1 Å². The van der Waals surface area contributed by atoms with Gasteiger partial charge in [-0.25, -0.2) is 0 Å². The maximum atomic E-state index is 6.03. The van der Waals surface area contributed by atoms with Crippen LogP contribution in [0.2, 0.25) is 5.02 Å². The van der Waals surface area contributed by atoms with E-state index in [1.165, 1.54) is 25.7 Å². The molecule has 0 bridgehead atoms. The Morgan fingerprint density at radius 3 is 2.38 bits per heavy atom. The van der Waals surface area contributed by atoms with Crippen molar-refractivity contribution in [3.63, 3.8) is 0 Å². The molecule has 4 nitrogen and oxygen atoms in total. The van der Waals surface area contributed by atoms with Crippen LogP contribution in [0.15, 0.2) is 48.8 Å². The first-order valence-corrected chi connectivity index (χ1v) is 8.70. The van der Waals surface area contributed by atoms with E-state index >= 15 is 0 Å². The van der Waals surface area contributed by atoms with Crippen molar-refractivity contribution < 1.29 is 0 Å². The molecular weight excluding hydrogens is 320 g/mol. The zero-order chi connectivity index (χ0) is 16.4. The lowest BCUT2D eigenvalue weighted by atomic mass is 10.0. The van der Waals surface area contributed by atoms with Crippen LogP contribution in [0.1, 0.15) is 25.7 Å². The van der Waals surface area contributed by atoms with Gasteiger partial charge in [-0.1, -0.05) is 36.6 Å². The first-order valence-electron chi connectivity index (χ1n) is 8.32. The van der Waals surface area contributed by atoms with E-state index in [1.54, 1.807) is 0 Å². The summed E-state index contributed by atoms with van der Waals surface area (Å²) in [6.45, 7) is 0. The van der Waals surface area contributed by atoms with Gasteiger partial charge in [0.1, 0.15) is 0 Å². The highest BCUT2D eigenvalue weighted by molar-refractivity contribution is 6.30. The molecule has 5 heteroatoms. The fraction of sp³-hybridized carbons (Fsp3) is 0.263. The van der Waals surface area contributed by atoms with Gasteiger partial charge in [0.15, 0.2) is 5.82 Å². The molecule has 0 unspecified atom stereocenters. The van der Waals surface area contributed by atoms with E-state index in [0.29, 0.717) is 6.04 Å². The highest BCUT2D eigenvalue weighted by atomic mass is 35.5. The molecule has 1 aliphatic rings. The number of benzene rings is 1. The first kappa shape index (κ1) is 15.2. The van der Waals surface area contributed by atoms with E-state index < -0.39 is 0 Å². The van der Waals surface area contributed by atoms with Crippen molar-refractivity contribution in [1.82, 2.24) is 15.2 Å². The van der Waals surface area contributed by atoms with Crippen molar-refractivity contribution in [3.8, 4) is 22.4 Å². The molecule has 2 heterocycles. The second-order valence-corrected chi connectivity index (χ2v) is 6.63. The van der Waals surface area contributed by atoms with Gasteiger partial charge in [-0.15, -0.1) is 0 Å². The maximum absolute atomic E-state index is 6.03. The molecule has 1 aromatic carbocycles. The van der Waals surface area contributed by atoms with Gasteiger partial charge >= 0.3 is 0 Å². The van der Waals surface area contributed by atoms with Crippen molar-refractivity contribution in [3.05, 3.63) is 53.8 Å². The lowest BCUT2D eigenvalue weighted by Gasteiger charge is -2.13.